The molecule has 3 aromatic rings. The van der Waals surface area contributed by atoms with Gasteiger partial charge in [0.2, 0.25) is 0 Å². The van der Waals surface area contributed by atoms with Gasteiger partial charge in [0.15, 0.2) is 0 Å². The van der Waals surface area contributed by atoms with Gasteiger partial charge in [-0.3, -0.25) is 9.78 Å². The second-order valence-electron chi connectivity index (χ2n) is 8.84. The Kier molecular flexibility index (Phi) is 6.58. The fourth-order valence-corrected chi connectivity index (χ4v) is 3.55. The third-order valence-corrected chi connectivity index (χ3v) is 4.93. The van der Waals surface area contributed by atoms with Crippen molar-refractivity contribution in [3.05, 3.63) is 46.5 Å². The summed E-state index contributed by atoms with van der Waals surface area (Å²) < 4.78 is 51.1. The van der Waals surface area contributed by atoms with Crippen LogP contribution < -0.4 is 15.6 Å². The van der Waals surface area contributed by atoms with E-state index in [1.807, 2.05) is 0 Å². The molecule has 178 valence electrons. The van der Waals surface area contributed by atoms with Crippen molar-refractivity contribution in [2.45, 2.75) is 51.9 Å². The van der Waals surface area contributed by atoms with Crippen molar-refractivity contribution in [2.24, 2.45) is 7.05 Å². The molecule has 1 atom stereocenters. The Balaban J connectivity index is 1.87. The maximum Gasteiger partial charge on any atom is 0.407 e. The number of aromatic nitrogens is 2. The summed E-state index contributed by atoms with van der Waals surface area (Å²) in [4.78, 5) is 29.0. The number of halogens is 3. The van der Waals surface area contributed by atoms with Crippen LogP contribution in [0.3, 0.4) is 0 Å². The van der Waals surface area contributed by atoms with Crippen LogP contribution in [0.2, 0.25) is 0 Å². The Bertz CT molecular complexity index is 1250. The van der Waals surface area contributed by atoms with Crippen molar-refractivity contribution in [3.63, 3.8) is 0 Å². The molecule has 1 aromatic carbocycles. The van der Waals surface area contributed by atoms with E-state index < -0.39 is 36.9 Å². The number of pyridine rings is 2. The highest BCUT2D eigenvalue weighted by molar-refractivity contribution is 6.06. The number of nitrogens with one attached hydrogen (secondary N) is 1. The molecule has 0 radical (unpaired) electrons. The van der Waals surface area contributed by atoms with Gasteiger partial charge in [-0.05, 0) is 51.3 Å². The molecule has 1 unspecified atom stereocenters. The number of fused-ring (bicyclic) bond motifs is 3. The van der Waals surface area contributed by atoms with Gasteiger partial charge in [-0.15, -0.1) is 0 Å². The van der Waals surface area contributed by atoms with Gasteiger partial charge < -0.3 is 19.4 Å². The van der Waals surface area contributed by atoms with Crippen LogP contribution >= 0.6 is 0 Å². The molecule has 33 heavy (non-hydrogen) atoms. The summed E-state index contributed by atoms with van der Waals surface area (Å²) in [6, 6.07) is 5.33. The van der Waals surface area contributed by atoms with Crippen molar-refractivity contribution in [1.82, 2.24) is 14.9 Å². The van der Waals surface area contributed by atoms with Crippen LogP contribution in [0.25, 0.3) is 21.7 Å². The lowest BCUT2D eigenvalue weighted by Gasteiger charge is -2.24. The van der Waals surface area contributed by atoms with Crippen LogP contribution in [0.5, 0.6) is 5.75 Å². The summed E-state index contributed by atoms with van der Waals surface area (Å²) in [7, 11) is 1.61. The SMILES string of the molecule is Cc1nccc2c1c(=O)n(C)c1cc(OCC(CC(F)(F)F)NC(=O)OC(C)(C)C)ccc21. The summed E-state index contributed by atoms with van der Waals surface area (Å²) in [5.74, 6) is 0.265. The van der Waals surface area contributed by atoms with Crippen molar-refractivity contribution < 1.29 is 27.4 Å². The fraction of sp³-hybridized carbons (Fsp3) is 0.435. The van der Waals surface area contributed by atoms with Crippen LogP contribution in [-0.2, 0) is 11.8 Å². The molecule has 0 saturated carbocycles. The topological polar surface area (TPSA) is 82.5 Å². The Morgan fingerprint density at radius 3 is 2.52 bits per heavy atom. The standard InChI is InChI=1S/C23H26F3N3O4/c1-13-19-17(8-9-27-13)16-7-6-15(10-18(16)29(5)20(19)30)32-12-14(11-23(24,25)26)28-21(31)33-22(2,3)4/h6-10,14H,11-12H2,1-5H3,(H,28,31). The predicted molar refractivity (Wildman–Crippen MR) is 119 cm³/mol. The highest BCUT2D eigenvalue weighted by atomic mass is 19.4. The van der Waals surface area contributed by atoms with Crippen molar-refractivity contribution in [2.75, 3.05) is 6.61 Å². The third-order valence-electron chi connectivity index (χ3n) is 4.93. The van der Waals surface area contributed by atoms with Gasteiger partial charge in [-0.2, -0.15) is 13.2 Å². The molecule has 1 amide bonds. The van der Waals surface area contributed by atoms with Gasteiger partial charge in [-0.25, -0.2) is 4.79 Å². The van der Waals surface area contributed by atoms with Crippen LogP contribution in [-0.4, -0.2) is 40.1 Å². The number of alkyl carbamates (subject to hydrolysis) is 1. The van der Waals surface area contributed by atoms with Crippen LogP contribution in [0.15, 0.2) is 35.3 Å². The molecule has 0 saturated heterocycles. The number of nitrogens with zero attached hydrogens (tertiary/aromatic N) is 2. The first-order chi connectivity index (χ1) is 15.2. The van der Waals surface area contributed by atoms with Gasteiger partial charge in [0.05, 0.1) is 29.1 Å². The number of ether oxygens (including phenoxy) is 2. The number of alkyl halides is 3. The Labute approximate surface area is 188 Å². The summed E-state index contributed by atoms with van der Waals surface area (Å²) in [5.41, 5.74) is 0.0800. The number of hydrogen-bond donors (Lipinski definition) is 1. The molecule has 0 aliphatic rings. The largest absolute Gasteiger partial charge is 0.491 e. The Morgan fingerprint density at radius 1 is 1.18 bits per heavy atom. The lowest BCUT2D eigenvalue weighted by Crippen LogP contribution is -2.44. The highest BCUT2D eigenvalue weighted by Crippen LogP contribution is 2.28. The van der Waals surface area contributed by atoms with E-state index in [0.29, 0.717) is 16.6 Å². The van der Waals surface area contributed by atoms with E-state index in [1.54, 1.807) is 65.2 Å². The van der Waals surface area contributed by atoms with Crippen molar-refractivity contribution in [1.29, 1.82) is 0 Å². The second-order valence-corrected chi connectivity index (χ2v) is 8.84. The number of carbonyl (C=O) groups excluding carboxylic acids is 1. The van der Waals surface area contributed by atoms with Crippen LogP contribution in [0.1, 0.15) is 32.9 Å². The average Bonchev–Trinajstić information content (AvgIpc) is 2.67. The van der Waals surface area contributed by atoms with Gasteiger partial charge in [0.25, 0.3) is 5.56 Å². The Hall–Kier alpha value is -3.30. The number of aryl methyl sites for hydroxylation is 2. The lowest BCUT2D eigenvalue weighted by molar-refractivity contribution is -0.141. The molecule has 7 nitrogen and oxygen atoms in total. The molecule has 0 spiro atoms. The van der Waals surface area contributed by atoms with E-state index in [1.165, 1.54) is 4.57 Å². The lowest BCUT2D eigenvalue weighted by atomic mass is 10.1. The van der Waals surface area contributed by atoms with Crippen molar-refractivity contribution >= 4 is 27.8 Å². The van der Waals surface area contributed by atoms with E-state index in [-0.39, 0.29) is 11.3 Å². The van der Waals surface area contributed by atoms with E-state index >= 15 is 0 Å². The first-order valence-electron chi connectivity index (χ1n) is 10.3. The maximum atomic E-state index is 13.0. The minimum absolute atomic E-state index is 0.234. The Morgan fingerprint density at radius 2 is 1.88 bits per heavy atom. The molecule has 0 aliphatic carbocycles. The van der Waals surface area contributed by atoms with Gasteiger partial charge >= 0.3 is 12.3 Å². The molecule has 0 aliphatic heterocycles. The molecular weight excluding hydrogens is 439 g/mol. The number of carbonyl (C=O) groups is 1. The van der Waals surface area contributed by atoms with E-state index in [2.05, 4.69) is 10.3 Å². The number of amides is 1. The molecule has 0 bridgehead atoms. The minimum Gasteiger partial charge on any atom is -0.491 e. The molecule has 10 heteroatoms. The number of rotatable bonds is 5. The smallest absolute Gasteiger partial charge is 0.407 e. The highest BCUT2D eigenvalue weighted by Gasteiger charge is 2.34. The van der Waals surface area contributed by atoms with Gasteiger partial charge in [0.1, 0.15) is 18.0 Å². The molecule has 2 aromatic heterocycles. The molecular formula is C23H26F3N3O4. The first-order valence-corrected chi connectivity index (χ1v) is 10.3. The normalized spacial score (nSPS) is 13.2. The van der Waals surface area contributed by atoms with E-state index in [4.69, 9.17) is 9.47 Å². The quantitative estimate of drug-likeness (QED) is 0.556. The second kappa shape index (κ2) is 8.92. The van der Waals surface area contributed by atoms with E-state index in [9.17, 15) is 22.8 Å². The number of benzene rings is 1. The molecule has 1 N–H and O–H groups in total. The van der Waals surface area contributed by atoms with Crippen LogP contribution in [0, 0.1) is 6.92 Å². The summed E-state index contributed by atoms with van der Waals surface area (Å²) in [6.45, 7) is 6.16. The summed E-state index contributed by atoms with van der Waals surface area (Å²) >= 11 is 0. The number of hydrogen-bond acceptors (Lipinski definition) is 5. The maximum absolute atomic E-state index is 13.0. The molecule has 0 fully saturated rings. The molecule has 3 rings (SSSR count). The zero-order valence-electron chi connectivity index (χ0n) is 19.0. The zero-order chi connectivity index (χ0) is 24.6. The summed E-state index contributed by atoms with van der Waals surface area (Å²) in [6.07, 6.45) is -5.14. The third kappa shape index (κ3) is 5.94. The molecule has 2 heterocycles. The monoisotopic (exact) mass is 465 g/mol. The first kappa shape index (κ1) is 24.3. The average molecular weight is 465 g/mol. The summed E-state index contributed by atoms with van der Waals surface area (Å²) in [5, 5.41) is 4.24. The predicted octanol–water partition coefficient (Wildman–Crippen LogP) is 4.62. The van der Waals surface area contributed by atoms with Gasteiger partial charge in [-0.1, -0.05) is 0 Å². The van der Waals surface area contributed by atoms with Crippen molar-refractivity contribution in [3.8, 4) is 5.75 Å². The van der Waals surface area contributed by atoms with E-state index in [0.717, 1.165) is 10.8 Å². The van der Waals surface area contributed by atoms with Crippen LogP contribution in [0.4, 0.5) is 18.0 Å². The minimum atomic E-state index is -4.51. The fourth-order valence-electron chi connectivity index (χ4n) is 3.55. The van der Waals surface area contributed by atoms with Gasteiger partial charge in [0, 0.05) is 24.7 Å². The zero-order valence-corrected chi connectivity index (χ0v) is 19.0.